The van der Waals surface area contributed by atoms with E-state index in [4.69, 9.17) is 16.9 Å². The number of aromatic amines is 2. The number of hydrogen-bond donors (Lipinski definition) is 15. The lowest BCUT2D eigenvalue weighted by atomic mass is 9.96. The highest BCUT2D eigenvalue weighted by molar-refractivity contribution is 5.99. The fraction of sp³-hybridized carbons (Fsp3) is 0.469. The lowest BCUT2D eigenvalue weighted by Gasteiger charge is -2.32. The molecule has 0 aliphatic carbocycles. The van der Waals surface area contributed by atoms with Gasteiger partial charge in [0.05, 0.1) is 18.7 Å². The molecule has 91 heavy (non-hydrogen) atoms. The molecular formula is C64H88N16O11. The smallest absolute Gasteiger partial charge is 0.326 e. The predicted octanol–water partition coefficient (Wildman–Crippen LogP) is 1.58. The quantitative estimate of drug-likeness (QED) is 0.0158. The molecule has 0 saturated carbocycles. The molecule has 17 N–H and O–H groups in total. The minimum absolute atomic E-state index is 0.0446. The summed E-state index contributed by atoms with van der Waals surface area (Å²) in [6.07, 6.45) is 6.86. The van der Waals surface area contributed by atoms with Crippen LogP contribution < -0.4 is 54.0 Å². The molecule has 5 aromatic rings. The van der Waals surface area contributed by atoms with Gasteiger partial charge >= 0.3 is 5.97 Å². The molecule has 3 heterocycles. The zero-order valence-corrected chi connectivity index (χ0v) is 52.3. The Balaban J connectivity index is 1.25. The van der Waals surface area contributed by atoms with Crippen molar-refractivity contribution in [3.63, 3.8) is 0 Å². The van der Waals surface area contributed by atoms with E-state index in [-0.39, 0.29) is 69.1 Å². The van der Waals surface area contributed by atoms with E-state index in [1.54, 1.807) is 39.8 Å². The normalized spacial score (nSPS) is 15.9. The summed E-state index contributed by atoms with van der Waals surface area (Å²) in [5.41, 5.74) is 15.4. The van der Waals surface area contributed by atoms with Gasteiger partial charge in [-0.3, -0.25) is 43.8 Å². The second kappa shape index (κ2) is 34.3. The topological polar surface area (TPSA) is 427 Å². The van der Waals surface area contributed by atoms with Crippen molar-refractivity contribution in [3.05, 3.63) is 126 Å². The van der Waals surface area contributed by atoms with Gasteiger partial charge in [-0.2, -0.15) is 0 Å². The highest BCUT2D eigenvalue weighted by Gasteiger charge is 2.42. The number of carboxylic acids is 1. The van der Waals surface area contributed by atoms with Crippen LogP contribution in [0.25, 0.3) is 11.1 Å². The molecule has 2 aromatic heterocycles. The third kappa shape index (κ3) is 21.5. The maximum absolute atomic E-state index is 15.1. The molecule has 8 amide bonds. The Kier molecular flexibility index (Phi) is 26.6. The van der Waals surface area contributed by atoms with Crippen LogP contribution in [0.4, 0.5) is 0 Å². The predicted molar refractivity (Wildman–Crippen MR) is 339 cm³/mol. The summed E-state index contributed by atoms with van der Waals surface area (Å²) in [4.78, 5) is 144. The summed E-state index contributed by atoms with van der Waals surface area (Å²) in [6, 6.07) is 11.6. The summed E-state index contributed by atoms with van der Waals surface area (Å²) in [7, 11) is 0. The maximum atomic E-state index is 15.1. The second-order valence-corrected chi connectivity index (χ2v) is 23.9. The summed E-state index contributed by atoms with van der Waals surface area (Å²) in [5, 5.41) is 49.5. The number of nitrogens with one attached hydrogen (secondary N) is 11. The van der Waals surface area contributed by atoms with E-state index in [0.29, 0.717) is 48.3 Å². The third-order valence-corrected chi connectivity index (χ3v) is 15.9. The van der Waals surface area contributed by atoms with E-state index in [9.17, 15) is 48.6 Å². The van der Waals surface area contributed by atoms with Gasteiger partial charge in [-0.25, -0.2) is 14.8 Å². The van der Waals surface area contributed by atoms with Gasteiger partial charge in [0, 0.05) is 62.6 Å². The fourth-order valence-corrected chi connectivity index (χ4v) is 10.6. The Bertz CT molecular complexity index is 3220. The number of carboxylic acid groups (broad SMARTS) is 1. The number of aliphatic carboxylic acids is 1. The highest BCUT2D eigenvalue weighted by Crippen LogP contribution is 2.23. The van der Waals surface area contributed by atoms with Crippen molar-refractivity contribution in [2.24, 2.45) is 29.2 Å². The number of nitrogens with two attached hydrogens (primary N) is 2. The number of carbonyl (C=O) groups excluding carboxylic acids is 8. The van der Waals surface area contributed by atoms with Crippen molar-refractivity contribution in [2.75, 3.05) is 13.1 Å². The average molecular weight is 1260 g/mol. The van der Waals surface area contributed by atoms with Gasteiger partial charge in [0.1, 0.15) is 54.1 Å². The van der Waals surface area contributed by atoms with Crippen LogP contribution in [0.15, 0.2) is 104 Å². The van der Waals surface area contributed by atoms with Gasteiger partial charge in [-0.15, -0.1) is 0 Å². The number of aromatic hydroxyl groups is 1. The van der Waals surface area contributed by atoms with Crippen LogP contribution in [0.3, 0.4) is 0 Å². The van der Waals surface area contributed by atoms with Crippen LogP contribution in [0.5, 0.6) is 5.75 Å². The number of guanidine groups is 1. The summed E-state index contributed by atoms with van der Waals surface area (Å²) < 4.78 is 0. The van der Waals surface area contributed by atoms with E-state index < -0.39 is 119 Å². The molecule has 27 heteroatoms. The molecule has 0 spiro atoms. The second-order valence-electron chi connectivity index (χ2n) is 23.9. The number of phenols is 1. The average Bonchev–Trinajstić information content (AvgIpc) is 2.06. The summed E-state index contributed by atoms with van der Waals surface area (Å²) in [5.74, 6) is -8.52. The number of H-pyrrole nitrogens is 2. The van der Waals surface area contributed by atoms with E-state index >= 15 is 4.79 Å². The van der Waals surface area contributed by atoms with Gasteiger partial charge in [0.2, 0.25) is 47.3 Å². The van der Waals surface area contributed by atoms with Crippen LogP contribution >= 0.6 is 0 Å². The molecule has 1 aliphatic rings. The number of likely N-dealkylation sites (tertiary alicyclic amines) is 1. The summed E-state index contributed by atoms with van der Waals surface area (Å²) in [6.45, 7) is 10.9. The molecule has 10 atom stereocenters. The molecule has 1 saturated heterocycles. The molecular weight excluding hydrogens is 1170 g/mol. The van der Waals surface area contributed by atoms with Crippen LogP contribution in [0, 0.1) is 23.2 Å². The zero-order valence-electron chi connectivity index (χ0n) is 52.3. The highest BCUT2D eigenvalue weighted by atomic mass is 16.4. The summed E-state index contributed by atoms with van der Waals surface area (Å²) >= 11 is 0. The van der Waals surface area contributed by atoms with E-state index in [1.807, 2.05) is 68.4 Å². The number of phenolic OH excluding ortho intramolecular Hbond substituents is 1. The van der Waals surface area contributed by atoms with Gasteiger partial charge in [0.15, 0.2) is 5.96 Å². The lowest BCUT2D eigenvalue weighted by molar-refractivity contribution is -0.143. The van der Waals surface area contributed by atoms with Gasteiger partial charge in [-0.05, 0) is 84.2 Å². The van der Waals surface area contributed by atoms with Gasteiger partial charge in [-0.1, -0.05) is 115 Å². The first kappa shape index (κ1) is 70.4. The Morgan fingerprint density at radius 3 is 1.69 bits per heavy atom. The minimum atomic E-state index is -1.36. The van der Waals surface area contributed by atoms with Crippen LogP contribution in [0.2, 0.25) is 0 Å². The zero-order chi connectivity index (χ0) is 66.3. The molecule has 490 valence electrons. The monoisotopic (exact) mass is 1260 g/mol. The molecule has 3 aromatic carbocycles. The number of nitrogens with zero attached hydrogens (tertiary/aromatic N) is 3. The van der Waals surface area contributed by atoms with Gasteiger partial charge < -0.3 is 79.1 Å². The van der Waals surface area contributed by atoms with Crippen molar-refractivity contribution in [1.82, 2.24) is 67.4 Å². The molecule has 0 bridgehead atoms. The first-order valence-corrected chi connectivity index (χ1v) is 30.8. The molecule has 1 aliphatic heterocycles. The lowest BCUT2D eigenvalue weighted by Crippen LogP contribution is -2.62. The molecule has 1 unspecified atom stereocenters. The first-order valence-electron chi connectivity index (χ1n) is 30.8. The SMILES string of the molecule is CCC(C)[C@H](NC(=O)[C@H](Cc1ccc(O)cc1)NC(=O)[C@@H](NC(=O)[C@@H](N)CCCNC(=N)N)C(C)C)C(=O)N[C@@H](Cc1cnc[nH]1)C(=O)N1CCC[C@H]1C(=O)N[C@@H](Cc1ccc(-c2ccccc2)cc1)C(=O)N[C@@H](Cc1cnc[nH]1)C(=O)N[C@@H](CC(C)C)C(=O)O. The van der Waals surface area contributed by atoms with Gasteiger partial charge in [0.25, 0.3) is 0 Å². The number of aromatic nitrogens is 4. The molecule has 27 nitrogen and oxygen atoms in total. The Labute approximate surface area is 529 Å². The Morgan fingerprint density at radius 2 is 1.14 bits per heavy atom. The van der Waals surface area contributed by atoms with Crippen molar-refractivity contribution in [1.29, 1.82) is 5.41 Å². The van der Waals surface area contributed by atoms with Crippen LogP contribution in [-0.4, -0.2) is 162 Å². The van der Waals surface area contributed by atoms with Crippen LogP contribution in [-0.2, 0) is 68.8 Å². The first-order chi connectivity index (χ1) is 43.4. The maximum Gasteiger partial charge on any atom is 0.326 e. The Hall–Kier alpha value is -9.66. The largest absolute Gasteiger partial charge is 0.508 e. The van der Waals surface area contributed by atoms with Crippen molar-refractivity contribution in [2.45, 2.75) is 160 Å². The van der Waals surface area contributed by atoms with E-state index in [2.05, 4.69) is 62.5 Å². The number of imidazole rings is 2. The third-order valence-electron chi connectivity index (χ3n) is 15.9. The standard InChI is InChI=1S/C64H88N16O11/c1-7-38(6)54(79-58(85)48(29-40-19-23-45(81)24-20-40)75-60(87)53(37(4)5)78-55(82)46(65)15-11-25-70-64(66)67)61(88)76-50(31-44-33-69-35-72-44)62(89)80-26-12-16-52(80)59(86)74-47(28-39-17-21-42(22-18-39)41-13-9-8-10-14-41)56(83)73-49(30-43-32-68-34-71-43)57(84)77-51(63(90)91)27-36(2)3/h8-10,13-14,17-24,32-38,46-54,81H,7,11-12,15-16,25-31,65H2,1-6H3,(H,68,71)(H,69,72)(H,73,83)(H,74,86)(H,75,87)(H,76,88)(H,77,84)(H,78,82)(H,79,85)(H,90,91)(H4,66,67,70)/t38?,46-,47-,48-,49-,50-,51-,52-,53-,54-/m0/s1. The Morgan fingerprint density at radius 1 is 0.637 bits per heavy atom. The molecule has 1 fully saturated rings. The minimum Gasteiger partial charge on any atom is -0.508 e. The van der Waals surface area contributed by atoms with E-state index in [1.165, 1.54) is 42.1 Å². The van der Waals surface area contributed by atoms with Crippen molar-refractivity contribution >= 4 is 59.2 Å². The number of rotatable bonds is 34. The number of benzene rings is 3. The van der Waals surface area contributed by atoms with Crippen molar-refractivity contribution in [3.8, 4) is 16.9 Å². The van der Waals surface area contributed by atoms with Crippen molar-refractivity contribution < 1.29 is 53.4 Å². The molecule has 6 rings (SSSR count). The number of hydrogen-bond acceptors (Lipinski definition) is 14. The number of carbonyl (C=O) groups is 9. The van der Waals surface area contributed by atoms with Crippen LogP contribution in [0.1, 0.15) is 103 Å². The van der Waals surface area contributed by atoms with E-state index in [0.717, 1.165) is 11.1 Å². The molecule has 0 radical (unpaired) electrons. The number of amides is 8. The fourth-order valence-electron chi connectivity index (χ4n) is 10.6.